The van der Waals surface area contributed by atoms with E-state index in [1.165, 1.54) is 7.11 Å². The van der Waals surface area contributed by atoms with E-state index in [4.69, 9.17) is 9.47 Å². The summed E-state index contributed by atoms with van der Waals surface area (Å²) in [5.41, 5.74) is -0.619. The van der Waals surface area contributed by atoms with Crippen LogP contribution in [-0.2, 0) is 14.3 Å². The Hall–Kier alpha value is -1.17. The third-order valence-corrected chi connectivity index (χ3v) is 4.29. The van der Waals surface area contributed by atoms with Gasteiger partial charge < -0.3 is 14.8 Å². The summed E-state index contributed by atoms with van der Waals surface area (Å²) < 4.78 is 9.53. The van der Waals surface area contributed by atoms with Crippen molar-refractivity contribution in [1.82, 2.24) is 5.32 Å². The molecular weight excluding hydrogens is 302 g/mol. The highest BCUT2D eigenvalue weighted by Gasteiger charge is 2.38. The number of amides is 1. The zero-order valence-corrected chi connectivity index (χ0v) is 15.3. The first-order valence-electron chi connectivity index (χ1n) is 7.35. The van der Waals surface area contributed by atoms with Crippen LogP contribution in [0.2, 0.25) is 0 Å². The van der Waals surface area contributed by atoms with Crippen LogP contribution in [0.25, 0.3) is 0 Å². The van der Waals surface area contributed by atoms with Gasteiger partial charge in [-0.1, -0.05) is 6.08 Å². The first-order valence-corrected chi connectivity index (χ1v) is 8.34. The van der Waals surface area contributed by atoms with Gasteiger partial charge in [-0.3, -0.25) is 0 Å². The number of allylic oxidation sites excluding steroid dienone is 1. The highest BCUT2D eigenvalue weighted by Crippen LogP contribution is 2.30. The molecule has 0 saturated carbocycles. The van der Waals surface area contributed by atoms with Gasteiger partial charge in [0.25, 0.3) is 0 Å². The molecule has 0 bridgehead atoms. The predicted molar refractivity (Wildman–Crippen MR) is 91.1 cm³/mol. The van der Waals surface area contributed by atoms with Crippen molar-refractivity contribution in [2.45, 2.75) is 63.9 Å². The predicted octanol–water partition coefficient (Wildman–Crippen LogP) is 3.53. The SMILES string of the molecule is C=CCCCSC(C)(C)C(NC(=O)OC(C)(C)C)C(=O)OC. The molecule has 0 aromatic rings. The maximum absolute atomic E-state index is 12.0. The fourth-order valence-corrected chi connectivity index (χ4v) is 2.86. The lowest BCUT2D eigenvalue weighted by atomic mass is 10.0. The fourth-order valence-electron chi connectivity index (χ4n) is 1.71. The maximum Gasteiger partial charge on any atom is 0.408 e. The summed E-state index contributed by atoms with van der Waals surface area (Å²) in [5.74, 6) is 0.384. The number of esters is 1. The molecule has 0 aliphatic carbocycles. The Bertz CT molecular complexity index is 388. The zero-order valence-electron chi connectivity index (χ0n) is 14.5. The zero-order chi connectivity index (χ0) is 17.4. The Kier molecular flexibility index (Phi) is 8.60. The molecule has 0 radical (unpaired) electrons. The Morgan fingerprint density at radius 1 is 1.27 bits per heavy atom. The van der Waals surface area contributed by atoms with Crippen molar-refractivity contribution in [3.8, 4) is 0 Å². The molecule has 1 atom stereocenters. The lowest BCUT2D eigenvalue weighted by Crippen LogP contribution is -2.54. The topological polar surface area (TPSA) is 64.6 Å². The quantitative estimate of drug-likeness (QED) is 0.419. The average molecular weight is 331 g/mol. The lowest BCUT2D eigenvalue weighted by molar-refractivity contribution is -0.143. The largest absolute Gasteiger partial charge is 0.467 e. The van der Waals surface area contributed by atoms with E-state index in [0.29, 0.717) is 0 Å². The van der Waals surface area contributed by atoms with E-state index in [9.17, 15) is 9.59 Å². The minimum absolute atomic E-state index is 0.480. The van der Waals surface area contributed by atoms with E-state index < -0.39 is 28.5 Å². The van der Waals surface area contributed by atoms with Crippen molar-refractivity contribution in [1.29, 1.82) is 0 Å². The third-order valence-electron chi connectivity index (χ3n) is 2.82. The van der Waals surface area contributed by atoms with Crippen molar-refractivity contribution in [2.75, 3.05) is 12.9 Å². The molecule has 0 rings (SSSR count). The molecule has 1 amide bonds. The van der Waals surface area contributed by atoms with Crippen molar-refractivity contribution in [2.24, 2.45) is 0 Å². The molecule has 0 heterocycles. The fraction of sp³-hybridized carbons (Fsp3) is 0.750. The minimum atomic E-state index is -0.777. The Balaban J connectivity index is 4.84. The van der Waals surface area contributed by atoms with E-state index in [-0.39, 0.29) is 0 Å². The number of thioether (sulfide) groups is 1. The Labute approximate surface area is 138 Å². The maximum atomic E-state index is 12.0. The van der Waals surface area contributed by atoms with Crippen LogP contribution in [0.5, 0.6) is 0 Å². The number of ether oxygens (including phenoxy) is 2. The molecule has 0 saturated heterocycles. The van der Waals surface area contributed by atoms with Gasteiger partial charge in [0.1, 0.15) is 11.6 Å². The molecular formula is C16H29NO4S. The molecule has 5 nitrogen and oxygen atoms in total. The molecule has 1 N–H and O–H groups in total. The molecule has 0 aromatic carbocycles. The second kappa shape index (κ2) is 9.08. The number of nitrogens with one attached hydrogen (secondary N) is 1. The van der Waals surface area contributed by atoms with E-state index in [2.05, 4.69) is 11.9 Å². The molecule has 22 heavy (non-hydrogen) atoms. The molecule has 1 unspecified atom stereocenters. The number of carbonyl (C=O) groups is 2. The molecule has 0 aliphatic heterocycles. The van der Waals surface area contributed by atoms with Gasteiger partial charge in [0.2, 0.25) is 0 Å². The Morgan fingerprint density at radius 2 is 1.86 bits per heavy atom. The number of rotatable bonds is 8. The van der Waals surface area contributed by atoms with Crippen LogP contribution in [0.1, 0.15) is 47.5 Å². The summed E-state index contributed by atoms with van der Waals surface area (Å²) in [6.07, 6.45) is 3.14. The highest BCUT2D eigenvalue weighted by molar-refractivity contribution is 8.00. The van der Waals surface area contributed by atoms with E-state index in [1.807, 2.05) is 19.9 Å². The summed E-state index contributed by atoms with van der Waals surface area (Å²) >= 11 is 1.61. The smallest absolute Gasteiger partial charge is 0.408 e. The first kappa shape index (κ1) is 20.8. The number of methoxy groups -OCH3 is 1. The van der Waals surface area contributed by atoms with Gasteiger partial charge in [0.05, 0.1) is 7.11 Å². The van der Waals surface area contributed by atoms with Crippen molar-refractivity contribution >= 4 is 23.8 Å². The standard InChI is InChI=1S/C16H29NO4S/c1-8-9-10-11-22-16(5,6)12(13(18)20-7)17-14(19)21-15(2,3)4/h8,12H,1,9-11H2,2-7H3,(H,17,19). The van der Waals surface area contributed by atoms with Crippen LogP contribution in [0.15, 0.2) is 12.7 Å². The summed E-state index contributed by atoms with van der Waals surface area (Å²) in [5, 5.41) is 2.63. The van der Waals surface area contributed by atoms with Gasteiger partial charge in [0.15, 0.2) is 0 Å². The minimum Gasteiger partial charge on any atom is -0.467 e. The average Bonchev–Trinajstić information content (AvgIpc) is 2.38. The molecule has 0 aliphatic rings. The number of alkyl carbamates (subject to hydrolysis) is 1. The first-order chi connectivity index (χ1) is 10.0. The molecule has 0 spiro atoms. The Morgan fingerprint density at radius 3 is 2.32 bits per heavy atom. The third kappa shape index (κ3) is 8.32. The van der Waals surface area contributed by atoms with Gasteiger partial charge in [-0.2, -0.15) is 11.8 Å². The van der Waals surface area contributed by atoms with Crippen molar-refractivity contribution in [3.05, 3.63) is 12.7 Å². The van der Waals surface area contributed by atoms with Gasteiger partial charge in [-0.15, -0.1) is 6.58 Å². The van der Waals surface area contributed by atoms with Gasteiger partial charge >= 0.3 is 12.1 Å². The van der Waals surface area contributed by atoms with Crippen molar-refractivity contribution in [3.63, 3.8) is 0 Å². The van der Waals surface area contributed by atoms with Crippen LogP contribution in [0.4, 0.5) is 4.79 Å². The number of hydrogen-bond acceptors (Lipinski definition) is 5. The summed E-state index contributed by atoms with van der Waals surface area (Å²) in [7, 11) is 1.31. The monoisotopic (exact) mass is 331 g/mol. The van der Waals surface area contributed by atoms with Crippen LogP contribution in [-0.4, -0.2) is 41.3 Å². The van der Waals surface area contributed by atoms with Crippen LogP contribution in [0.3, 0.4) is 0 Å². The molecule has 0 fully saturated rings. The number of hydrogen-bond donors (Lipinski definition) is 1. The molecule has 6 heteroatoms. The van der Waals surface area contributed by atoms with Crippen molar-refractivity contribution < 1.29 is 19.1 Å². The van der Waals surface area contributed by atoms with E-state index in [0.717, 1.165) is 18.6 Å². The van der Waals surface area contributed by atoms with Crippen LogP contribution >= 0.6 is 11.8 Å². The number of unbranched alkanes of at least 4 members (excludes halogenated alkanes) is 1. The van der Waals surface area contributed by atoms with E-state index >= 15 is 0 Å². The number of carbonyl (C=O) groups excluding carboxylic acids is 2. The highest BCUT2D eigenvalue weighted by atomic mass is 32.2. The van der Waals surface area contributed by atoms with Crippen LogP contribution < -0.4 is 5.32 Å². The van der Waals surface area contributed by atoms with Crippen LogP contribution in [0, 0.1) is 0 Å². The van der Waals surface area contributed by atoms with Gasteiger partial charge in [-0.25, -0.2) is 9.59 Å². The lowest BCUT2D eigenvalue weighted by Gasteiger charge is -2.33. The van der Waals surface area contributed by atoms with Gasteiger partial charge in [0, 0.05) is 4.75 Å². The van der Waals surface area contributed by atoms with E-state index in [1.54, 1.807) is 32.5 Å². The molecule has 0 aromatic heterocycles. The second-order valence-corrected chi connectivity index (χ2v) is 8.23. The summed E-state index contributed by atoms with van der Waals surface area (Å²) in [6, 6.07) is -0.777. The molecule has 128 valence electrons. The second-order valence-electron chi connectivity index (χ2n) is 6.49. The normalized spacial score (nSPS) is 13.2. The summed E-state index contributed by atoms with van der Waals surface area (Å²) in [6.45, 7) is 12.8. The van der Waals surface area contributed by atoms with Gasteiger partial charge in [-0.05, 0) is 53.2 Å². The summed E-state index contributed by atoms with van der Waals surface area (Å²) in [4.78, 5) is 24.0.